The van der Waals surface area contributed by atoms with Gasteiger partial charge in [0.1, 0.15) is 0 Å². The number of carbonyl (C=O) groups is 1. The minimum Gasteiger partial charge on any atom is -0.329 e. The summed E-state index contributed by atoms with van der Waals surface area (Å²) >= 11 is 1.48. The van der Waals surface area contributed by atoms with Crippen LogP contribution in [0.2, 0.25) is 0 Å². The Morgan fingerprint density at radius 1 is 1.73 bits per heavy atom. The van der Waals surface area contributed by atoms with Crippen LogP contribution in [0.4, 0.5) is 0 Å². The first kappa shape index (κ1) is 10.2. The smallest absolute Gasteiger partial charge is 0.257 e. The van der Waals surface area contributed by atoms with Gasteiger partial charge < -0.3 is 4.90 Å². The molecule has 0 spiro atoms. The van der Waals surface area contributed by atoms with Crippen LogP contribution < -0.4 is 0 Å². The van der Waals surface area contributed by atoms with Crippen LogP contribution in [-0.2, 0) is 6.54 Å². The Hall–Kier alpha value is -1.36. The van der Waals surface area contributed by atoms with E-state index in [0.717, 1.165) is 5.69 Å². The lowest BCUT2D eigenvalue weighted by atomic mass is 10.3. The molecule has 5 heteroatoms. The predicted octanol–water partition coefficient (Wildman–Crippen LogP) is 1.34. The summed E-state index contributed by atoms with van der Waals surface area (Å²) in [5.41, 5.74) is 1.44. The Bertz CT molecular complexity index is 419. The van der Waals surface area contributed by atoms with Crippen molar-refractivity contribution in [2.75, 3.05) is 12.8 Å². The Labute approximate surface area is 92.4 Å². The molecule has 0 saturated carbocycles. The maximum absolute atomic E-state index is 11.8. The maximum atomic E-state index is 11.8. The van der Waals surface area contributed by atoms with E-state index in [1.165, 1.54) is 11.8 Å². The van der Waals surface area contributed by atoms with Crippen molar-refractivity contribution >= 4 is 17.7 Å². The number of amides is 1. The van der Waals surface area contributed by atoms with Gasteiger partial charge in [-0.05, 0) is 6.26 Å². The average molecular weight is 221 g/mol. The molecule has 1 aliphatic heterocycles. The zero-order valence-electron chi connectivity index (χ0n) is 8.43. The zero-order valence-corrected chi connectivity index (χ0v) is 9.25. The summed E-state index contributed by atoms with van der Waals surface area (Å²) in [6.45, 7) is 4.75. The second kappa shape index (κ2) is 4.02. The molecule has 0 atom stereocenters. The molecule has 2 heterocycles. The van der Waals surface area contributed by atoms with Crippen molar-refractivity contribution in [1.29, 1.82) is 0 Å². The molecule has 2 rings (SSSR count). The second-order valence-corrected chi connectivity index (χ2v) is 3.96. The van der Waals surface area contributed by atoms with Gasteiger partial charge in [0, 0.05) is 12.7 Å². The van der Waals surface area contributed by atoms with Crippen molar-refractivity contribution in [1.82, 2.24) is 14.9 Å². The van der Waals surface area contributed by atoms with Gasteiger partial charge in [0.25, 0.3) is 5.91 Å². The van der Waals surface area contributed by atoms with Gasteiger partial charge in [-0.3, -0.25) is 4.79 Å². The van der Waals surface area contributed by atoms with Crippen molar-refractivity contribution in [2.24, 2.45) is 0 Å². The molecule has 0 radical (unpaired) electrons. The molecule has 0 aromatic carbocycles. The molecule has 0 fully saturated rings. The van der Waals surface area contributed by atoms with E-state index in [2.05, 4.69) is 16.5 Å². The first-order valence-electron chi connectivity index (χ1n) is 4.56. The number of hydrogen-bond acceptors (Lipinski definition) is 4. The standard InChI is InChI=1S/C10H11N3OS/c1-3-4-13-6-8-7(9(13)14)5-11-10(12-8)15-2/h3,5H,1,4,6H2,2H3. The van der Waals surface area contributed by atoms with E-state index in [0.29, 0.717) is 23.8 Å². The van der Waals surface area contributed by atoms with Crippen molar-refractivity contribution in [3.05, 3.63) is 30.1 Å². The molecule has 0 saturated heterocycles. The highest BCUT2D eigenvalue weighted by Crippen LogP contribution is 2.21. The van der Waals surface area contributed by atoms with E-state index in [1.807, 2.05) is 6.26 Å². The van der Waals surface area contributed by atoms with Crippen LogP contribution in [0.15, 0.2) is 24.0 Å². The number of thioether (sulfide) groups is 1. The summed E-state index contributed by atoms with van der Waals surface area (Å²) in [5, 5.41) is 0.710. The van der Waals surface area contributed by atoms with Gasteiger partial charge >= 0.3 is 0 Å². The van der Waals surface area contributed by atoms with Crippen LogP contribution in [-0.4, -0.2) is 33.6 Å². The fourth-order valence-corrected chi connectivity index (χ4v) is 1.88. The van der Waals surface area contributed by atoms with Crippen LogP contribution in [0, 0.1) is 0 Å². The van der Waals surface area contributed by atoms with E-state index < -0.39 is 0 Å². The monoisotopic (exact) mass is 221 g/mol. The molecule has 78 valence electrons. The highest BCUT2D eigenvalue weighted by molar-refractivity contribution is 7.98. The minimum atomic E-state index is -0.00227. The number of hydrogen-bond donors (Lipinski definition) is 0. The molecule has 0 bridgehead atoms. The van der Waals surface area contributed by atoms with E-state index in [-0.39, 0.29) is 5.91 Å². The first-order valence-corrected chi connectivity index (χ1v) is 5.79. The largest absolute Gasteiger partial charge is 0.329 e. The topological polar surface area (TPSA) is 46.1 Å². The minimum absolute atomic E-state index is 0.00227. The molecular formula is C10H11N3OS. The van der Waals surface area contributed by atoms with Crippen LogP contribution >= 0.6 is 11.8 Å². The first-order chi connectivity index (χ1) is 7.26. The average Bonchev–Trinajstić information content (AvgIpc) is 2.56. The van der Waals surface area contributed by atoms with Crippen molar-refractivity contribution in [2.45, 2.75) is 11.7 Å². The number of fused-ring (bicyclic) bond motifs is 1. The summed E-state index contributed by atoms with van der Waals surface area (Å²) in [4.78, 5) is 21.9. The van der Waals surface area contributed by atoms with E-state index in [1.54, 1.807) is 17.2 Å². The Kier molecular flexibility index (Phi) is 2.73. The highest BCUT2D eigenvalue weighted by Gasteiger charge is 2.28. The quantitative estimate of drug-likeness (QED) is 0.439. The van der Waals surface area contributed by atoms with Gasteiger partial charge in [-0.1, -0.05) is 17.8 Å². The number of aromatic nitrogens is 2. The van der Waals surface area contributed by atoms with Gasteiger partial charge in [-0.25, -0.2) is 9.97 Å². The van der Waals surface area contributed by atoms with E-state index >= 15 is 0 Å². The summed E-state index contributed by atoms with van der Waals surface area (Å²) in [6, 6.07) is 0. The normalized spacial score (nSPS) is 14.2. The lowest BCUT2D eigenvalue weighted by Crippen LogP contribution is -2.23. The van der Waals surface area contributed by atoms with Crippen molar-refractivity contribution in [3.63, 3.8) is 0 Å². The van der Waals surface area contributed by atoms with Crippen LogP contribution in [0.5, 0.6) is 0 Å². The highest BCUT2D eigenvalue weighted by atomic mass is 32.2. The van der Waals surface area contributed by atoms with Crippen LogP contribution in [0.3, 0.4) is 0 Å². The fraction of sp³-hybridized carbons (Fsp3) is 0.300. The third-order valence-electron chi connectivity index (χ3n) is 2.24. The van der Waals surface area contributed by atoms with Gasteiger partial charge in [0.15, 0.2) is 5.16 Å². The fourth-order valence-electron chi connectivity index (χ4n) is 1.52. The van der Waals surface area contributed by atoms with Crippen LogP contribution in [0.25, 0.3) is 0 Å². The lowest BCUT2D eigenvalue weighted by molar-refractivity contribution is 0.0796. The van der Waals surface area contributed by atoms with Gasteiger partial charge in [0.05, 0.1) is 17.8 Å². The molecule has 15 heavy (non-hydrogen) atoms. The Morgan fingerprint density at radius 3 is 3.20 bits per heavy atom. The molecule has 1 aliphatic rings. The van der Waals surface area contributed by atoms with E-state index in [9.17, 15) is 4.79 Å². The lowest BCUT2D eigenvalue weighted by Gasteiger charge is -2.10. The molecule has 0 unspecified atom stereocenters. The van der Waals surface area contributed by atoms with Crippen LogP contribution in [0.1, 0.15) is 16.1 Å². The molecule has 1 aromatic rings. The van der Waals surface area contributed by atoms with Gasteiger partial charge in [-0.2, -0.15) is 0 Å². The summed E-state index contributed by atoms with van der Waals surface area (Å²) in [5.74, 6) is -0.00227. The van der Waals surface area contributed by atoms with Gasteiger partial charge in [-0.15, -0.1) is 6.58 Å². The third-order valence-corrected chi connectivity index (χ3v) is 2.80. The van der Waals surface area contributed by atoms with Gasteiger partial charge in [0.2, 0.25) is 0 Å². The maximum Gasteiger partial charge on any atom is 0.257 e. The number of rotatable bonds is 3. The number of carbonyl (C=O) groups excluding carboxylic acids is 1. The summed E-state index contributed by atoms with van der Waals surface area (Å²) < 4.78 is 0. The summed E-state index contributed by atoms with van der Waals surface area (Å²) in [7, 11) is 0. The second-order valence-electron chi connectivity index (χ2n) is 3.19. The van der Waals surface area contributed by atoms with Crippen molar-refractivity contribution in [3.8, 4) is 0 Å². The zero-order chi connectivity index (χ0) is 10.8. The van der Waals surface area contributed by atoms with Crippen molar-refractivity contribution < 1.29 is 4.79 Å². The summed E-state index contributed by atoms with van der Waals surface area (Å²) in [6.07, 6.45) is 5.24. The Morgan fingerprint density at radius 2 is 2.53 bits per heavy atom. The molecule has 0 aliphatic carbocycles. The Balaban J connectivity index is 2.32. The van der Waals surface area contributed by atoms with E-state index in [4.69, 9.17) is 0 Å². The molecule has 1 aromatic heterocycles. The molecule has 4 nitrogen and oxygen atoms in total. The molecule has 0 N–H and O–H groups in total. The molecular weight excluding hydrogens is 210 g/mol. The predicted molar refractivity (Wildman–Crippen MR) is 58.8 cm³/mol. The third kappa shape index (κ3) is 1.74. The SMILES string of the molecule is C=CCN1Cc2nc(SC)ncc2C1=O. The number of nitrogens with zero attached hydrogens (tertiary/aromatic N) is 3. The molecule has 1 amide bonds.